The van der Waals surface area contributed by atoms with Crippen molar-refractivity contribution in [3.05, 3.63) is 82.9 Å². The van der Waals surface area contributed by atoms with E-state index in [1.54, 1.807) is 88.4 Å². The number of fused-ring (bicyclic) bond motifs is 5. The number of ether oxygens (including phenoxy) is 4. The molecule has 10 unspecified atom stereocenters. The van der Waals surface area contributed by atoms with Gasteiger partial charge in [0, 0.05) is 30.6 Å². The number of carbonyl (C=O) groups is 4. The summed E-state index contributed by atoms with van der Waals surface area (Å²) >= 11 is 0. The highest BCUT2D eigenvalue weighted by molar-refractivity contribution is 5.89. The van der Waals surface area contributed by atoms with Crippen molar-refractivity contribution in [2.45, 2.75) is 141 Å². The normalized spacial score (nSPS) is 34.7. The first kappa shape index (κ1) is 43.4. The number of rotatable bonds is 12. The molecule has 316 valence electrons. The quantitative estimate of drug-likeness (QED) is 0.0873. The van der Waals surface area contributed by atoms with E-state index in [4.69, 9.17) is 18.9 Å². The maximum Gasteiger partial charge on any atom is 0.338 e. The van der Waals surface area contributed by atoms with E-state index in [1.165, 1.54) is 6.92 Å². The lowest BCUT2D eigenvalue weighted by molar-refractivity contribution is -0.358. The zero-order chi connectivity index (χ0) is 42.4. The van der Waals surface area contributed by atoms with Crippen LogP contribution in [0.5, 0.6) is 0 Å². The molecular weight excluding hydrogens is 746 g/mol. The van der Waals surface area contributed by atoms with E-state index in [2.05, 4.69) is 5.32 Å². The van der Waals surface area contributed by atoms with Gasteiger partial charge in [-0.1, -0.05) is 96.0 Å². The van der Waals surface area contributed by atoms with Crippen molar-refractivity contribution in [3.63, 3.8) is 0 Å². The summed E-state index contributed by atoms with van der Waals surface area (Å²) in [6.07, 6.45) is -6.16. The zero-order valence-corrected chi connectivity index (χ0v) is 34.5. The minimum Gasteiger partial charge on any atom is -0.456 e. The van der Waals surface area contributed by atoms with Crippen LogP contribution in [0.15, 0.2) is 71.8 Å². The number of carbonyl (C=O) groups excluding carboxylic acids is 4. The van der Waals surface area contributed by atoms with E-state index < -0.39 is 94.4 Å². The van der Waals surface area contributed by atoms with E-state index >= 15 is 0 Å². The van der Waals surface area contributed by atoms with Crippen LogP contribution in [-0.4, -0.2) is 98.7 Å². The number of unbranched alkanes of at least 4 members (excludes halogenated alkanes) is 2. The molecule has 12 atom stereocenters. The third-order valence-electron chi connectivity index (χ3n) is 13.9. The third kappa shape index (κ3) is 7.27. The molecule has 0 aromatic heterocycles. The first-order valence-corrected chi connectivity index (χ1v) is 20.4. The van der Waals surface area contributed by atoms with Gasteiger partial charge in [-0.15, -0.1) is 0 Å². The first-order chi connectivity index (χ1) is 27.3. The molecule has 4 aliphatic rings. The number of benzene rings is 2. The average molecular weight is 806 g/mol. The summed E-state index contributed by atoms with van der Waals surface area (Å²) < 4.78 is 24.8. The molecule has 5 N–H and O–H groups in total. The highest BCUT2D eigenvalue weighted by Crippen LogP contribution is 2.66. The predicted octanol–water partition coefficient (Wildman–Crippen LogP) is 4.50. The Morgan fingerprint density at radius 2 is 1.60 bits per heavy atom. The number of esters is 3. The Bertz CT molecular complexity index is 1880. The minimum absolute atomic E-state index is 0.125. The first-order valence-electron chi connectivity index (χ1n) is 20.4. The highest BCUT2D eigenvalue weighted by atomic mass is 16.6. The molecule has 0 radical (unpaired) electrons. The second kappa shape index (κ2) is 16.5. The molecule has 13 nitrogen and oxygen atoms in total. The third-order valence-corrected chi connectivity index (χ3v) is 13.9. The largest absolute Gasteiger partial charge is 0.456 e. The fourth-order valence-electron chi connectivity index (χ4n) is 10.4. The Morgan fingerprint density at radius 3 is 2.19 bits per heavy atom. The van der Waals surface area contributed by atoms with Crippen molar-refractivity contribution in [1.82, 2.24) is 5.32 Å². The van der Waals surface area contributed by atoms with Crippen molar-refractivity contribution < 1.29 is 58.6 Å². The summed E-state index contributed by atoms with van der Waals surface area (Å²) in [5.41, 5.74) is -5.35. The van der Waals surface area contributed by atoms with Crippen molar-refractivity contribution in [2.24, 2.45) is 22.7 Å². The highest BCUT2D eigenvalue weighted by Gasteiger charge is 2.77. The molecule has 3 aliphatic carbocycles. The molecule has 1 heterocycles. The van der Waals surface area contributed by atoms with Gasteiger partial charge < -0.3 is 44.7 Å². The molecule has 1 aliphatic heterocycles. The van der Waals surface area contributed by atoms with E-state index in [0.717, 1.165) is 12.8 Å². The van der Waals surface area contributed by atoms with Gasteiger partial charge in [-0.25, -0.2) is 9.59 Å². The Morgan fingerprint density at radius 1 is 0.966 bits per heavy atom. The molecule has 2 aromatic rings. The molecule has 1 amide bonds. The van der Waals surface area contributed by atoms with Crippen LogP contribution in [0.4, 0.5) is 0 Å². The van der Waals surface area contributed by atoms with Crippen molar-refractivity contribution >= 4 is 23.8 Å². The molecule has 0 spiro atoms. The minimum atomic E-state index is -2.17. The average Bonchev–Trinajstić information content (AvgIpc) is 3.18. The lowest BCUT2D eigenvalue weighted by Crippen LogP contribution is -2.81. The van der Waals surface area contributed by atoms with Crippen LogP contribution in [-0.2, 0) is 33.3 Å². The van der Waals surface area contributed by atoms with Crippen LogP contribution in [0.1, 0.15) is 109 Å². The van der Waals surface area contributed by atoms with E-state index in [1.807, 2.05) is 13.8 Å². The molecule has 6 rings (SSSR count). The molecule has 13 heteroatoms. The van der Waals surface area contributed by atoms with Gasteiger partial charge in [0.25, 0.3) is 0 Å². The van der Waals surface area contributed by atoms with Gasteiger partial charge in [0.05, 0.1) is 30.2 Å². The fourth-order valence-corrected chi connectivity index (χ4v) is 10.4. The van der Waals surface area contributed by atoms with Gasteiger partial charge >= 0.3 is 17.9 Å². The second-order valence-corrected chi connectivity index (χ2v) is 17.5. The summed E-state index contributed by atoms with van der Waals surface area (Å²) in [6.45, 7) is 11.7. The van der Waals surface area contributed by atoms with Crippen LogP contribution in [0.25, 0.3) is 0 Å². The summed E-state index contributed by atoms with van der Waals surface area (Å²) in [4.78, 5) is 54.3. The molecule has 58 heavy (non-hydrogen) atoms. The molecule has 2 aromatic carbocycles. The summed E-state index contributed by atoms with van der Waals surface area (Å²) in [5, 5.41) is 52.9. The number of amides is 1. The van der Waals surface area contributed by atoms with Crippen LogP contribution in [0.3, 0.4) is 0 Å². The fraction of sp³-hybridized carbons (Fsp3) is 0.600. The Balaban J connectivity index is 1.47. The van der Waals surface area contributed by atoms with Gasteiger partial charge in [0.2, 0.25) is 5.91 Å². The predicted molar refractivity (Wildman–Crippen MR) is 211 cm³/mol. The van der Waals surface area contributed by atoms with Crippen LogP contribution in [0.2, 0.25) is 0 Å². The standard InChI is InChI=1S/C45H59NO12/c1-8-9-12-21-32(48)46-34(28-17-13-10-14-18-28)36(50)41(53)56-30-23-45(54)39(57-40(52)29-19-15-11-16-20-29)37-43(7,38(51)35(49)33(26(30)3)42(45,5)6)25(2)22-31-44(37,24-55-31)58-27(4)47/h10-11,13-20,25,30-31,34-39,49-51,54H,8-9,12,21-24H2,1-7H3,(H,46,48)/t25-,30?,31?,34?,35?,36?,37?,38?,39?,43+,44?,45?/m0/s1. The SMILES string of the molecule is CCCCCC(=O)NC(c1ccccc1)C(O)C(=O)OC1CC2(O)C(OC(=O)c3ccccc3)C3C4(OC(C)=O)COC4C[C@H](C)[C@@]3(C)C(O)C(O)C(=C1C)C2(C)C. The number of hydrogen-bond donors (Lipinski definition) is 5. The Hall–Kier alpha value is -4.14. The van der Waals surface area contributed by atoms with Gasteiger partial charge in [0.15, 0.2) is 11.7 Å². The van der Waals surface area contributed by atoms with Crippen molar-refractivity contribution in [2.75, 3.05) is 6.61 Å². The Kier molecular flexibility index (Phi) is 12.3. The Labute approximate surface area is 340 Å². The number of hydrogen-bond acceptors (Lipinski definition) is 12. The zero-order valence-electron chi connectivity index (χ0n) is 34.5. The molecule has 2 bridgehead atoms. The molecule has 1 saturated heterocycles. The van der Waals surface area contributed by atoms with E-state index in [0.29, 0.717) is 24.0 Å². The van der Waals surface area contributed by atoms with Crippen molar-refractivity contribution in [3.8, 4) is 0 Å². The van der Waals surface area contributed by atoms with Gasteiger partial charge in [-0.05, 0) is 54.5 Å². The van der Waals surface area contributed by atoms with Crippen LogP contribution >= 0.6 is 0 Å². The van der Waals surface area contributed by atoms with Crippen LogP contribution in [0, 0.1) is 22.7 Å². The molecule has 3 fully saturated rings. The smallest absolute Gasteiger partial charge is 0.338 e. The number of aliphatic hydroxyl groups is 4. The van der Waals surface area contributed by atoms with E-state index in [-0.39, 0.29) is 36.5 Å². The maximum atomic E-state index is 14.2. The van der Waals surface area contributed by atoms with Crippen LogP contribution < -0.4 is 5.32 Å². The summed E-state index contributed by atoms with van der Waals surface area (Å²) in [5.74, 6) is -4.48. The summed E-state index contributed by atoms with van der Waals surface area (Å²) in [6, 6.07) is 15.6. The van der Waals surface area contributed by atoms with Gasteiger partial charge in [-0.3, -0.25) is 9.59 Å². The number of aliphatic hydroxyl groups excluding tert-OH is 3. The second-order valence-electron chi connectivity index (χ2n) is 17.5. The monoisotopic (exact) mass is 805 g/mol. The lowest BCUT2D eigenvalue weighted by Gasteiger charge is -2.69. The topological polar surface area (TPSA) is 198 Å². The van der Waals surface area contributed by atoms with E-state index in [9.17, 15) is 39.6 Å². The maximum absolute atomic E-state index is 14.2. The molecule has 2 saturated carbocycles. The van der Waals surface area contributed by atoms with Crippen molar-refractivity contribution in [1.29, 1.82) is 0 Å². The van der Waals surface area contributed by atoms with Gasteiger partial charge in [-0.2, -0.15) is 0 Å². The lowest BCUT2D eigenvalue weighted by atomic mass is 9.43. The molecular formula is C45H59NO12. The summed E-state index contributed by atoms with van der Waals surface area (Å²) in [7, 11) is 0. The van der Waals surface area contributed by atoms with Gasteiger partial charge in [0.1, 0.15) is 30.0 Å². The number of nitrogens with one attached hydrogen (secondary N) is 1.